The van der Waals surface area contributed by atoms with Crippen molar-refractivity contribution < 1.29 is 15.0 Å². The lowest BCUT2D eigenvalue weighted by Gasteiger charge is -1.94. The van der Waals surface area contributed by atoms with E-state index in [0.717, 1.165) is 57.8 Å². The number of carbonyl (C=O) groups is 1. The number of carboxylic acids is 1. The van der Waals surface area contributed by atoms with Crippen molar-refractivity contribution in [3.8, 4) is 0 Å². The first kappa shape index (κ1) is 17.9. The van der Waals surface area contributed by atoms with Crippen LogP contribution in [0, 0.1) is 0 Å². The number of aliphatic hydroxyl groups excluding tert-OH is 1. The summed E-state index contributed by atoms with van der Waals surface area (Å²) in [5, 5.41) is 17.1. The SMILES string of the molecule is O=C(O)CCCC/C=C\CC/C=C\CCCCCO. The van der Waals surface area contributed by atoms with E-state index < -0.39 is 5.97 Å². The Morgan fingerprint density at radius 3 is 1.79 bits per heavy atom. The summed E-state index contributed by atoms with van der Waals surface area (Å²) in [5.74, 6) is -0.701. The molecule has 0 bridgehead atoms. The molecule has 19 heavy (non-hydrogen) atoms. The third-order valence-corrected chi connectivity index (χ3v) is 2.87. The highest BCUT2D eigenvalue weighted by molar-refractivity contribution is 5.66. The molecule has 0 fully saturated rings. The van der Waals surface area contributed by atoms with Crippen LogP contribution < -0.4 is 0 Å². The summed E-state index contributed by atoms with van der Waals surface area (Å²) in [6, 6.07) is 0. The van der Waals surface area contributed by atoms with Gasteiger partial charge in [-0.25, -0.2) is 0 Å². The first-order valence-corrected chi connectivity index (χ1v) is 7.40. The van der Waals surface area contributed by atoms with E-state index in [-0.39, 0.29) is 6.42 Å². The molecule has 3 nitrogen and oxygen atoms in total. The van der Waals surface area contributed by atoms with Crippen LogP contribution in [0.4, 0.5) is 0 Å². The number of hydrogen-bond donors (Lipinski definition) is 2. The Balaban J connectivity index is 3.20. The third-order valence-electron chi connectivity index (χ3n) is 2.87. The van der Waals surface area contributed by atoms with Gasteiger partial charge in [-0.1, -0.05) is 30.7 Å². The average Bonchev–Trinajstić information content (AvgIpc) is 2.39. The Morgan fingerprint density at radius 2 is 1.26 bits per heavy atom. The smallest absolute Gasteiger partial charge is 0.303 e. The second kappa shape index (κ2) is 15.0. The van der Waals surface area contributed by atoms with E-state index in [9.17, 15) is 4.79 Å². The highest BCUT2D eigenvalue weighted by Gasteiger charge is 1.94. The van der Waals surface area contributed by atoms with E-state index in [4.69, 9.17) is 10.2 Å². The van der Waals surface area contributed by atoms with Gasteiger partial charge >= 0.3 is 5.97 Å². The minimum atomic E-state index is -0.701. The van der Waals surface area contributed by atoms with Crippen molar-refractivity contribution in [2.75, 3.05) is 6.61 Å². The van der Waals surface area contributed by atoms with E-state index in [0.29, 0.717) is 6.61 Å². The average molecular weight is 268 g/mol. The molecule has 0 aromatic heterocycles. The Labute approximate surface area is 117 Å². The van der Waals surface area contributed by atoms with Gasteiger partial charge in [0.15, 0.2) is 0 Å². The largest absolute Gasteiger partial charge is 0.481 e. The molecule has 0 radical (unpaired) electrons. The molecular weight excluding hydrogens is 240 g/mol. The van der Waals surface area contributed by atoms with Crippen LogP contribution in [-0.4, -0.2) is 22.8 Å². The van der Waals surface area contributed by atoms with E-state index in [2.05, 4.69) is 24.3 Å². The maximum Gasteiger partial charge on any atom is 0.303 e. The fourth-order valence-electron chi connectivity index (χ4n) is 1.75. The van der Waals surface area contributed by atoms with Crippen LogP contribution in [0.1, 0.15) is 64.2 Å². The topological polar surface area (TPSA) is 57.5 Å². The lowest BCUT2D eigenvalue weighted by Crippen LogP contribution is -1.92. The van der Waals surface area contributed by atoms with E-state index in [1.54, 1.807) is 0 Å². The van der Waals surface area contributed by atoms with Crippen LogP contribution in [0.2, 0.25) is 0 Å². The van der Waals surface area contributed by atoms with Crippen LogP contribution in [-0.2, 0) is 4.79 Å². The van der Waals surface area contributed by atoms with Gasteiger partial charge in [0.1, 0.15) is 0 Å². The number of aliphatic carboxylic acids is 1. The molecule has 3 heteroatoms. The second-order valence-corrected chi connectivity index (χ2v) is 4.73. The highest BCUT2D eigenvalue weighted by atomic mass is 16.4. The van der Waals surface area contributed by atoms with E-state index in [1.807, 2.05) is 0 Å². The quantitative estimate of drug-likeness (QED) is 0.391. The monoisotopic (exact) mass is 268 g/mol. The zero-order valence-electron chi connectivity index (χ0n) is 11.9. The fourth-order valence-corrected chi connectivity index (χ4v) is 1.75. The summed E-state index contributed by atoms with van der Waals surface area (Å²) in [6.07, 6.45) is 18.2. The molecule has 0 spiro atoms. The Hall–Kier alpha value is -1.09. The number of carboxylic acid groups (broad SMARTS) is 1. The number of allylic oxidation sites excluding steroid dienone is 4. The summed E-state index contributed by atoms with van der Waals surface area (Å²) in [5.41, 5.74) is 0. The molecule has 0 saturated heterocycles. The van der Waals surface area contributed by atoms with Gasteiger partial charge in [0.05, 0.1) is 0 Å². The first-order valence-electron chi connectivity index (χ1n) is 7.40. The van der Waals surface area contributed by atoms with Crippen molar-refractivity contribution in [1.82, 2.24) is 0 Å². The molecular formula is C16H28O3. The summed E-state index contributed by atoms with van der Waals surface area (Å²) >= 11 is 0. The Kier molecular flexibility index (Phi) is 14.1. The van der Waals surface area contributed by atoms with Crippen LogP contribution in [0.5, 0.6) is 0 Å². The molecule has 0 heterocycles. The molecule has 0 aliphatic carbocycles. The molecule has 0 amide bonds. The van der Waals surface area contributed by atoms with Gasteiger partial charge in [0.25, 0.3) is 0 Å². The summed E-state index contributed by atoms with van der Waals surface area (Å²) in [6.45, 7) is 0.307. The van der Waals surface area contributed by atoms with E-state index >= 15 is 0 Å². The molecule has 0 aliphatic rings. The second-order valence-electron chi connectivity index (χ2n) is 4.73. The minimum Gasteiger partial charge on any atom is -0.481 e. The predicted molar refractivity (Wildman–Crippen MR) is 79.2 cm³/mol. The maximum absolute atomic E-state index is 10.3. The number of rotatable bonds is 13. The third kappa shape index (κ3) is 16.9. The van der Waals surface area contributed by atoms with Crippen molar-refractivity contribution in [2.24, 2.45) is 0 Å². The summed E-state index contributed by atoms with van der Waals surface area (Å²) in [4.78, 5) is 10.3. The van der Waals surface area contributed by atoms with Gasteiger partial charge in [-0.3, -0.25) is 4.79 Å². The number of unbranched alkanes of at least 4 members (excludes halogenated alkanes) is 6. The van der Waals surface area contributed by atoms with Crippen molar-refractivity contribution in [3.05, 3.63) is 24.3 Å². The Morgan fingerprint density at radius 1 is 0.737 bits per heavy atom. The Bertz CT molecular complexity index is 257. The van der Waals surface area contributed by atoms with Crippen LogP contribution >= 0.6 is 0 Å². The zero-order chi connectivity index (χ0) is 14.2. The maximum atomic E-state index is 10.3. The van der Waals surface area contributed by atoms with Crippen LogP contribution in [0.15, 0.2) is 24.3 Å². The molecule has 0 rings (SSSR count). The molecule has 2 N–H and O–H groups in total. The van der Waals surface area contributed by atoms with Gasteiger partial charge < -0.3 is 10.2 Å². The molecule has 110 valence electrons. The zero-order valence-corrected chi connectivity index (χ0v) is 11.9. The van der Waals surface area contributed by atoms with Gasteiger partial charge in [-0.05, 0) is 51.4 Å². The lowest BCUT2D eigenvalue weighted by atomic mass is 10.1. The molecule has 0 aromatic carbocycles. The number of hydrogen-bond acceptors (Lipinski definition) is 2. The van der Waals surface area contributed by atoms with Gasteiger partial charge in [-0.15, -0.1) is 0 Å². The van der Waals surface area contributed by atoms with Crippen molar-refractivity contribution in [2.45, 2.75) is 64.2 Å². The summed E-state index contributed by atoms with van der Waals surface area (Å²) in [7, 11) is 0. The normalized spacial score (nSPS) is 11.6. The molecule has 0 unspecified atom stereocenters. The van der Waals surface area contributed by atoms with Crippen molar-refractivity contribution >= 4 is 5.97 Å². The van der Waals surface area contributed by atoms with E-state index in [1.165, 1.54) is 0 Å². The standard InChI is InChI=1S/C16H28O3/c17-15-13-11-9-7-5-3-1-2-4-6-8-10-12-14-16(18)19/h3-6,17H,1-2,7-15H2,(H,18,19)/b5-3-,6-4-. The minimum absolute atomic E-state index is 0.285. The van der Waals surface area contributed by atoms with Crippen LogP contribution in [0.3, 0.4) is 0 Å². The first-order chi connectivity index (χ1) is 9.27. The molecule has 0 saturated carbocycles. The van der Waals surface area contributed by atoms with Crippen molar-refractivity contribution in [1.29, 1.82) is 0 Å². The molecule has 0 atom stereocenters. The fraction of sp³-hybridized carbons (Fsp3) is 0.688. The van der Waals surface area contributed by atoms with Crippen molar-refractivity contribution in [3.63, 3.8) is 0 Å². The highest BCUT2D eigenvalue weighted by Crippen LogP contribution is 2.04. The predicted octanol–water partition coefficient (Wildman–Crippen LogP) is 4.08. The summed E-state index contributed by atoms with van der Waals surface area (Å²) < 4.78 is 0. The lowest BCUT2D eigenvalue weighted by molar-refractivity contribution is -0.137. The van der Waals surface area contributed by atoms with Crippen LogP contribution in [0.25, 0.3) is 0 Å². The molecule has 0 aliphatic heterocycles. The van der Waals surface area contributed by atoms with Gasteiger partial charge in [-0.2, -0.15) is 0 Å². The van der Waals surface area contributed by atoms with Gasteiger partial charge in [0.2, 0.25) is 0 Å². The number of aliphatic hydroxyl groups is 1. The van der Waals surface area contributed by atoms with Gasteiger partial charge in [0, 0.05) is 13.0 Å². The molecule has 0 aromatic rings.